The maximum Gasteiger partial charge on any atom is 0.219 e. The molecule has 0 saturated carbocycles. The number of carbonyl (C=O) groups excluding carboxylic acids is 1. The number of piperidine rings is 1. The Morgan fingerprint density at radius 2 is 2.18 bits per heavy atom. The maximum atomic E-state index is 14.8. The second kappa shape index (κ2) is 7.09. The fraction of sp³-hybridized carbons (Fsp3) is 0.421. The number of H-pyrrole nitrogens is 1. The molecule has 148 valence electrons. The van der Waals surface area contributed by atoms with Gasteiger partial charge < -0.3 is 15.2 Å². The molecule has 0 bridgehead atoms. The zero-order valence-electron chi connectivity index (χ0n) is 16.0. The number of alkyl halides is 1. The van der Waals surface area contributed by atoms with E-state index in [1.807, 2.05) is 20.2 Å². The first-order valence-corrected chi connectivity index (χ1v) is 9.57. The van der Waals surface area contributed by atoms with Crippen LogP contribution >= 0.6 is 11.6 Å². The molecule has 9 heteroatoms. The number of hydrogen-bond donors (Lipinski definition) is 2. The molecular weight excluding hydrogens is 383 g/mol. The highest BCUT2D eigenvalue weighted by atomic mass is 35.5. The fourth-order valence-corrected chi connectivity index (χ4v) is 4.25. The predicted molar refractivity (Wildman–Crippen MR) is 107 cm³/mol. The van der Waals surface area contributed by atoms with E-state index in [0.29, 0.717) is 23.7 Å². The number of carbonyl (C=O) groups is 1. The monoisotopic (exact) mass is 404 g/mol. The van der Waals surface area contributed by atoms with Crippen LogP contribution in [0.1, 0.15) is 24.9 Å². The molecule has 2 N–H and O–H groups in total. The van der Waals surface area contributed by atoms with Gasteiger partial charge in [-0.2, -0.15) is 5.10 Å². The number of aromatic amines is 1. The Bertz CT molecular complexity index is 1040. The lowest BCUT2D eigenvalue weighted by Crippen LogP contribution is -2.45. The molecule has 1 saturated heterocycles. The number of nitrogens with zero attached hydrogens (tertiary/aromatic N) is 4. The number of rotatable bonds is 3. The third kappa shape index (κ3) is 2.92. The van der Waals surface area contributed by atoms with Crippen molar-refractivity contribution in [2.75, 3.05) is 25.5 Å². The zero-order valence-corrected chi connectivity index (χ0v) is 16.7. The van der Waals surface area contributed by atoms with Crippen LogP contribution in [-0.4, -0.2) is 56.9 Å². The Kier molecular flexibility index (Phi) is 4.74. The molecule has 1 aliphatic rings. The van der Waals surface area contributed by atoms with Crippen molar-refractivity contribution in [3.05, 3.63) is 29.3 Å². The fourth-order valence-electron chi connectivity index (χ4n) is 3.93. The van der Waals surface area contributed by atoms with Crippen LogP contribution in [0.2, 0.25) is 5.15 Å². The van der Waals surface area contributed by atoms with Gasteiger partial charge in [-0.1, -0.05) is 11.6 Å². The number of amides is 1. The average molecular weight is 405 g/mol. The van der Waals surface area contributed by atoms with E-state index in [9.17, 15) is 9.18 Å². The van der Waals surface area contributed by atoms with Crippen molar-refractivity contribution >= 4 is 34.2 Å². The molecule has 3 aromatic rings. The minimum absolute atomic E-state index is 0.0589. The molecule has 28 heavy (non-hydrogen) atoms. The van der Waals surface area contributed by atoms with E-state index in [4.69, 9.17) is 11.6 Å². The van der Waals surface area contributed by atoms with Crippen LogP contribution in [-0.2, 0) is 4.79 Å². The highest BCUT2D eigenvalue weighted by molar-refractivity contribution is 6.32. The van der Waals surface area contributed by atoms with Crippen LogP contribution in [0.5, 0.6) is 0 Å². The van der Waals surface area contributed by atoms with Crippen molar-refractivity contribution in [2.45, 2.75) is 32.5 Å². The van der Waals surface area contributed by atoms with Gasteiger partial charge >= 0.3 is 0 Å². The third-order valence-electron chi connectivity index (χ3n) is 5.44. The van der Waals surface area contributed by atoms with Crippen LogP contribution in [0.15, 0.2) is 18.6 Å². The van der Waals surface area contributed by atoms with Crippen LogP contribution in [0.25, 0.3) is 22.2 Å². The first-order valence-electron chi connectivity index (χ1n) is 9.19. The highest BCUT2D eigenvalue weighted by Gasteiger charge is 2.34. The van der Waals surface area contributed by atoms with E-state index in [1.165, 1.54) is 16.5 Å². The van der Waals surface area contributed by atoms with Crippen molar-refractivity contribution < 1.29 is 9.18 Å². The SMILES string of the molecule is CNc1c(-c2cnn([C@H]3CCN(C(C)=O)C[C@@H]3F)c2Cl)cnc2[nH]cc(C)c12. The summed E-state index contributed by atoms with van der Waals surface area (Å²) in [6, 6.07) is -0.499. The largest absolute Gasteiger partial charge is 0.387 e. The van der Waals surface area contributed by atoms with Gasteiger partial charge in [0.15, 0.2) is 0 Å². The molecule has 4 heterocycles. The number of aryl methyl sites for hydroxylation is 1. The summed E-state index contributed by atoms with van der Waals surface area (Å²) in [6.45, 7) is 4.01. The summed E-state index contributed by atoms with van der Waals surface area (Å²) >= 11 is 6.64. The molecule has 0 aromatic carbocycles. The third-order valence-corrected chi connectivity index (χ3v) is 5.82. The Morgan fingerprint density at radius 1 is 1.39 bits per heavy atom. The van der Waals surface area contributed by atoms with Crippen molar-refractivity contribution in [3.63, 3.8) is 0 Å². The summed E-state index contributed by atoms with van der Waals surface area (Å²) in [7, 11) is 1.85. The summed E-state index contributed by atoms with van der Waals surface area (Å²) < 4.78 is 16.3. The topological polar surface area (TPSA) is 78.8 Å². The number of hydrogen-bond acceptors (Lipinski definition) is 4. The number of nitrogens with one attached hydrogen (secondary N) is 2. The smallest absolute Gasteiger partial charge is 0.219 e. The summed E-state index contributed by atoms with van der Waals surface area (Å²) in [6.07, 6.45) is 4.54. The molecule has 0 unspecified atom stereocenters. The van der Waals surface area contributed by atoms with E-state index in [-0.39, 0.29) is 12.5 Å². The lowest BCUT2D eigenvalue weighted by Gasteiger charge is -2.34. The van der Waals surface area contributed by atoms with Crippen molar-refractivity contribution in [1.29, 1.82) is 0 Å². The average Bonchev–Trinajstić information content (AvgIpc) is 3.24. The van der Waals surface area contributed by atoms with Crippen LogP contribution in [0.3, 0.4) is 0 Å². The second-order valence-electron chi connectivity index (χ2n) is 7.12. The van der Waals surface area contributed by atoms with Gasteiger partial charge in [-0.15, -0.1) is 0 Å². The summed E-state index contributed by atoms with van der Waals surface area (Å²) in [5.41, 5.74) is 4.26. The molecular formula is C19H22ClFN6O. The molecule has 1 fully saturated rings. The first kappa shape index (κ1) is 18.7. The van der Waals surface area contributed by atoms with Gasteiger partial charge in [-0.05, 0) is 18.9 Å². The minimum atomic E-state index is -1.22. The summed E-state index contributed by atoms with van der Waals surface area (Å²) in [5.74, 6) is -0.117. The van der Waals surface area contributed by atoms with Gasteiger partial charge in [-0.25, -0.2) is 14.1 Å². The zero-order chi connectivity index (χ0) is 20.0. The maximum absolute atomic E-state index is 14.8. The molecule has 1 amide bonds. The minimum Gasteiger partial charge on any atom is -0.387 e. The predicted octanol–water partition coefficient (Wildman–Crippen LogP) is 3.56. The summed E-state index contributed by atoms with van der Waals surface area (Å²) in [4.78, 5) is 20.7. The summed E-state index contributed by atoms with van der Waals surface area (Å²) in [5, 5.41) is 8.97. The Balaban J connectivity index is 1.73. The number of fused-ring (bicyclic) bond motifs is 1. The van der Waals surface area contributed by atoms with E-state index in [0.717, 1.165) is 27.8 Å². The highest BCUT2D eigenvalue weighted by Crippen LogP contribution is 2.39. The van der Waals surface area contributed by atoms with Crippen molar-refractivity contribution in [3.8, 4) is 11.1 Å². The molecule has 0 radical (unpaired) electrons. The number of pyridine rings is 1. The number of halogens is 2. The van der Waals surface area contributed by atoms with E-state index in [2.05, 4.69) is 20.4 Å². The van der Waals surface area contributed by atoms with E-state index < -0.39 is 12.2 Å². The normalized spacial score (nSPS) is 20.0. The van der Waals surface area contributed by atoms with Crippen LogP contribution in [0.4, 0.5) is 10.1 Å². The van der Waals surface area contributed by atoms with Gasteiger partial charge in [0.05, 0.1) is 24.5 Å². The Morgan fingerprint density at radius 3 is 2.86 bits per heavy atom. The molecule has 0 aliphatic carbocycles. The quantitative estimate of drug-likeness (QED) is 0.699. The second-order valence-corrected chi connectivity index (χ2v) is 7.48. The molecule has 4 rings (SSSR count). The van der Waals surface area contributed by atoms with Gasteiger partial charge in [0.25, 0.3) is 0 Å². The van der Waals surface area contributed by atoms with Crippen LogP contribution in [0, 0.1) is 6.92 Å². The van der Waals surface area contributed by atoms with Gasteiger partial charge in [0.2, 0.25) is 5.91 Å². The number of anilines is 1. The molecule has 7 nitrogen and oxygen atoms in total. The lowest BCUT2D eigenvalue weighted by atomic mass is 10.0. The van der Waals surface area contributed by atoms with Crippen LogP contribution < -0.4 is 5.32 Å². The standard InChI is InChI=1S/C19H22ClFN6O/c1-10-6-23-19-16(10)17(22-3)12(7-24-19)13-8-25-27(18(13)20)15-4-5-26(11(2)28)9-14(15)21/h6-8,14-15H,4-5,9H2,1-3H3,(H2,22,23,24)/t14-,15-/m0/s1. The van der Waals surface area contributed by atoms with Crippen molar-refractivity contribution in [1.82, 2.24) is 24.6 Å². The van der Waals surface area contributed by atoms with Gasteiger partial charge in [0, 0.05) is 49.4 Å². The molecule has 2 atom stereocenters. The van der Waals surface area contributed by atoms with Gasteiger partial charge in [-0.3, -0.25) is 4.79 Å². The molecule has 1 aliphatic heterocycles. The lowest BCUT2D eigenvalue weighted by molar-refractivity contribution is -0.131. The van der Waals surface area contributed by atoms with Gasteiger partial charge in [0.1, 0.15) is 17.0 Å². The Labute approximate surface area is 166 Å². The van der Waals surface area contributed by atoms with Crippen molar-refractivity contribution in [2.24, 2.45) is 0 Å². The first-order chi connectivity index (χ1) is 13.4. The number of aromatic nitrogens is 4. The molecule has 3 aromatic heterocycles. The number of likely N-dealkylation sites (tertiary alicyclic amines) is 1. The van der Waals surface area contributed by atoms with E-state index >= 15 is 0 Å². The van der Waals surface area contributed by atoms with E-state index in [1.54, 1.807) is 12.4 Å². The Hall–Kier alpha value is -2.61. The molecule has 0 spiro atoms.